The minimum absolute atomic E-state index is 0. The zero-order valence-corrected chi connectivity index (χ0v) is 23.3. The van der Waals surface area contributed by atoms with Gasteiger partial charge in [-0.2, -0.15) is 0 Å². The molecule has 1 aromatic carbocycles. The van der Waals surface area contributed by atoms with E-state index in [1.54, 1.807) is 7.11 Å². The highest BCUT2D eigenvalue weighted by atomic mass is 35.5. The first-order valence-corrected chi connectivity index (χ1v) is 13.4. The first-order chi connectivity index (χ1) is 17.5. The number of halogens is 1. The SMILES string of the molecule is COCCCCn1c(C(=O)N(CC(C)C)[C@@H]2CNC[C@H](C(=O)N3CCOCC3)C2)cc2ccccc21.Cl. The van der Waals surface area contributed by atoms with Crippen molar-refractivity contribution in [3.05, 3.63) is 36.0 Å². The normalized spacial score (nSPS) is 20.2. The predicted octanol–water partition coefficient (Wildman–Crippen LogP) is 3.42. The van der Waals surface area contributed by atoms with Gasteiger partial charge < -0.3 is 29.2 Å². The van der Waals surface area contributed by atoms with Crippen LogP contribution in [-0.2, 0) is 20.8 Å². The van der Waals surface area contributed by atoms with Crippen LogP contribution in [0.1, 0.15) is 43.6 Å². The van der Waals surface area contributed by atoms with Gasteiger partial charge in [-0.05, 0) is 37.3 Å². The van der Waals surface area contributed by atoms with E-state index >= 15 is 0 Å². The highest BCUT2D eigenvalue weighted by Gasteiger charge is 2.36. The number of para-hydroxylation sites is 1. The van der Waals surface area contributed by atoms with Gasteiger partial charge in [0.1, 0.15) is 5.69 Å². The van der Waals surface area contributed by atoms with Crippen molar-refractivity contribution in [1.82, 2.24) is 19.7 Å². The van der Waals surface area contributed by atoms with Gasteiger partial charge in [0, 0.05) is 69.9 Å². The van der Waals surface area contributed by atoms with Gasteiger partial charge in [-0.1, -0.05) is 32.0 Å². The van der Waals surface area contributed by atoms with Crippen molar-refractivity contribution in [1.29, 1.82) is 0 Å². The summed E-state index contributed by atoms with van der Waals surface area (Å²) in [6, 6.07) is 10.2. The fourth-order valence-electron chi connectivity index (χ4n) is 5.47. The molecule has 2 aromatic rings. The van der Waals surface area contributed by atoms with E-state index in [1.165, 1.54) is 0 Å². The van der Waals surface area contributed by atoms with Crippen LogP contribution in [0.4, 0.5) is 0 Å². The highest BCUT2D eigenvalue weighted by Crippen LogP contribution is 2.26. The molecule has 3 heterocycles. The fraction of sp³-hybridized carbons (Fsp3) is 0.643. The van der Waals surface area contributed by atoms with Crippen LogP contribution in [-0.4, -0.2) is 91.9 Å². The van der Waals surface area contributed by atoms with Crippen LogP contribution < -0.4 is 5.32 Å². The summed E-state index contributed by atoms with van der Waals surface area (Å²) in [4.78, 5) is 31.4. The maximum atomic E-state index is 14.2. The molecule has 2 saturated heterocycles. The lowest BCUT2D eigenvalue weighted by molar-refractivity contribution is -0.140. The maximum Gasteiger partial charge on any atom is 0.270 e. The summed E-state index contributed by atoms with van der Waals surface area (Å²) in [6.45, 7) is 10.3. The number of piperidine rings is 1. The van der Waals surface area contributed by atoms with Crippen molar-refractivity contribution in [2.24, 2.45) is 11.8 Å². The van der Waals surface area contributed by atoms with Crippen molar-refractivity contribution in [2.75, 3.05) is 59.7 Å². The monoisotopic (exact) mass is 534 g/mol. The van der Waals surface area contributed by atoms with E-state index in [1.807, 2.05) is 28.0 Å². The second kappa shape index (κ2) is 14.1. The van der Waals surface area contributed by atoms with Crippen molar-refractivity contribution in [2.45, 2.75) is 45.7 Å². The predicted molar refractivity (Wildman–Crippen MR) is 148 cm³/mol. The molecule has 2 aliphatic heterocycles. The Balaban J connectivity index is 0.00000380. The average molecular weight is 535 g/mol. The quantitative estimate of drug-likeness (QED) is 0.473. The van der Waals surface area contributed by atoms with Gasteiger partial charge in [0.2, 0.25) is 5.91 Å². The number of nitrogens with zero attached hydrogens (tertiary/aromatic N) is 3. The molecule has 0 saturated carbocycles. The number of unbranched alkanes of at least 4 members (excludes halogenated alkanes) is 1. The fourth-order valence-corrected chi connectivity index (χ4v) is 5.47. The number of fused-ring (bicyclic) bond motifs is 1. The Morgan fingerprint density at radius 3 is 2.65 bits per heavy atom. The molecule has 206 valence electrons. The molecule has 4 rings (SSSR count). The summed E-state index contributed by atoms with van der Waals surface area (Å²) < 4.78 is 12.8. The summed E-state index contributed by atoms with van der Waals surface area (Å²) in [7, 11) is 1.72. The first-order valence-electron chi connectivity index (χ1n) is 13.4. The Morgan fingerprint density at radius 2 is 1.92 bits per heavy atom. The highest BCUT2D eigenvalue weighted by molar-refractivity contribution is 5.99. The van der Waals surface area contributed by atoms with Gasteiger partial charge in [0.25, 0.3) is 5.91 Å². The van der Waals surface area contributed by atoms with E-state index in [9.17, 15) is 9.59 Å². The Labute approximate surface area is 227 Å². The number of methoxy groups -OCH3 is 1. The lowest BCUT2D eigenvalue weighted by atomic mass is 9.92. The third-order valence-corrected chi connectivity index (χ3v) is 7.27. The van der Waals surface area contributed by atoms with E-state index in [4.69, 9.17) is 9.47 Å². The van der Waals surface area contributed by atoms with Crippen LogP contribution in [0.3, 0.4) is 0 Å². The zero-order chi connectivity index (χ0) is 25.5. The summed E-state index contributed by atoms with van der Waals surface area (Å²) >= 11 is 0. The number of nitrogens with one attached hydrogen (secondary N) is 1. The van der Waals surface area contributed by atoms with Gasteiger partial charge in [0.05, 0.1) is 19.1 Å². The van der Waals surface area contributed by atoms with E-state index in [0.29, 0.717) is 64.9 Å². The minimum Gasteiger partial charge on any atom is -0.385 e. The molecule has 0 spiro atoms. The number of morpholine rings is 1. The van der Waals surface area contributed by atoms with E-state index in [0.717, 1.165) is 36.0 Å². The van der Waals surface area contributed by atoms with Crippen molar-refractivity contribution >= 4 is 35.1 Å². The Hall–Kier alpha value is -2.13. The number of ether oxygens (including phenoxy) is 2. The van der Waals surface area contributed by atoms with E-state index < -0.39 is 0 Å². The smallest absolute Gasteiger partial charge is 0.270 e. The molecule has 2 fully saturated rings. The van der Waals surface area contributed by atoms with Crippen molar-refractivity contribution in [3.63, 3.8) is 0 Å². The van der Waals surface area contributed by atoms with Crippen LogP contribution in [0.2, 0.25) is 0 Å². The topological polar surface area (TPSA) is 76.0 Å². The molecule has 1 N–H and O–H groups in total. The second-order valence-electron chi connectivity index (χ2n) is 10.5. The second-order valence-corrected chi connectivity index (χ2v) is 10.5. The number of amides is 2. The van der Waals surface area contributed by atoms with Gasteiger partial charge in [-0.15, -0.1) is 12.4 Å². The molecular weight excluding hydrogens is 492 g/mol. The first kappa shape index (κ1) is 29.4. The summed E-state index contributed by atoms with van der Waals surface area (Å²) in [6.07, 6.45) is 2.58. The molecule has 37 heavy (non-hydrogen) atoms. The van der Waals surface area contributed by atoms with E-state index in [2.05, 4.69) is 35.9 Å². The lowest BCUT2D eigenvalue weighted by Crippen LogP contribution is -2.56. The van der Waals surface area contributed by atoms with Gasteiger partial charge in [-0.25, -0.2) is 0 Å². The summed E-state index contributed by atoms with van der Waals surface area (Å²) in [5, 5.41) is 4.54. The molecule has 9 heteroatoms. The largest absolute Gasteiger partial charge is 0.385 e. The number of aromatic nitrogens is 1. The van der Waals surface area contributed by atoms with Crippen LogP contribution in [0.25, 0.3) is 10.9 Å². The molecule has 1 aromatic heterocycles. The lowest BCUT2D eigenvalue weighted by Gasteiger charge is -2.40. The van der Waals surface area contributed by atoms with Crippen LogP contribution in [0.15, 0.2) is 30.3 Å². The van der Waals surface area contributed by atoms with Gasteiger partial charge >= 0.3 is 0 Å². The Bertz CT molecular complexity index is 1020. The molecular formula is C28H43ClN4O4. The zero-order valence-electron chi connectivity index (χ0n) is 22.5. The Kier molecular flexibility index (Phi) is 11.2. The molecule has 2 amide bonds. The summed E-state index contributed by atoms with van der Waals surface area (Å²) in [5.41, 5.74) is 1.82. The van der Waals surface area contributed by atoms with Gasteiger partial charge in [-0.3, -0.25) is 9.59 Å². The maximum absolute atomic E-state index is 14.2. The third-order valence-electron chi connectivity index (χ3n) is 7.27. The molecule has 0 bridgehead atoms. The number of benzene rings is 1. The standard InChI is InChI=1S/C28H42N4O4.ClH/c1-21(2)20-32(24-16-23(18-29-19-24)27(33)30-11-14-36-15-12-30)28(34)26-17-22-8-4-5-9-25(22)31(26)10-6-7-13-35-3;/h4-5,8-9,17,21,23-24,29H,6-7,10-16,18-20H2,1-3H3;1H/t23-,24+;/m1./s1. The third kappa shape index (κ3) is 7.25. The molecule has 2 atom stereocenters. The number of hydrogen-bond donors (Lipinski definition) is 1. The van der Waals surface area contributed by atoms with Crippen molar-refractivity contribution in [3.8, 4) is 0 Å². The number of carbonyl (C=O) groups is 2. The van der Waals surface area contributed by atoms with Crippen LogP contribution in [0, 0.1) is 11.8 Å². The Morgan fingerprint density at radius 1 is 1.16 bits per heavy atom. The average Bonchev–Trinajstić information content (AvgIpc) is 3.28. The van der Waals surface area contributed by atoms with Crippen LogP contribution in [0.5, 0.6) is 0 Å². The molecule has 8 nitrogen and oxygen atoms in total. The number of hydrogen-bond acceptors (Lipinski definition) is 5. The van der Waals surface area contributed by atoms with Crippen molar-refractivity contribution < 1.29 is 19.1 Å². The molecule has 0 unspecified atom stereocenters. The number of rotatable bonds is 10. The molecule has 0 aliphatic carbocycles. The minimum atomic E-state index is -0.121. The van der Waals surface area contributed by atoms with Crippen LogP contribution >= 0.6 is 12.4 Å². The van der Waals surface area contributed by atoms with E-state index in [-0.39, 0.29) is 36.2 Å². The summed E-state index contributed by atoms with van der Waals surface area (Å²) in [5.74, 6) is 0.436. The molecule has 2 aliphatic rings. The molecule has 0 radical (unpaired) electrons. The van der Waals surface area contributed by atoms with Gasteiger partial charge in [0.15, 0.2) is 0 Å². The number of aryl methyl sites for hydroxylation is 1. The number of carbonyl (C=O) groups excluding carboxylic acids is 2.